The lowest BCUT2D eigenvalue weighted by Crippen LogP contribution is -2.00. The SMILES string of the molecule is Cc1cc2c(-c3ccc([C]4CC4)cc3CO)nc(N)nc2[nH]1. The van der Waals surface area contributed by atoms with Gasteiger partial charge in [-0.15, -0.1) is 0 Å². The molecule has 1 radical (unpaired) electrons. The second-order valence-electron chi connectivity index (χ2n) is 5.78. The second-order valence-corrected chi connectivity index (χ2v) is 5.78. The Morgan fingerprint density at radius 2 is 2.05 bits per heavy atom. The molecule has 5 heteroatoms. The quantitative estimate of drug-likeness (QED) is 0.693. The average Bonchev–Trinajstić information content (AvgIpc) is 3.28. The zero-order chi connectivity index (χ0) is 15.3. The molecule has 0 spiro atoms. The van der Waals surface area contributed by atoms with E-state index in [1.165, 1.54) is 11.5 Å². The molecule has 1 aliphatic carbocycles. The van der Waals surface area contributed by atoms with Crippen LogP contribution < -0.4 is 5.73 Å². The predicted octanol–water partition coefficient (Wildman–Crippen LogP) is 2.72. The molecule has 4 rings (SSSR count). The Bertz CT molecular complexity index is 864. The maximum absolute atomic E-state index is 9.76. The van der Waals surface area contributed by atoms with Crippen molar-refractivity contribution in [3.8, 4) is 11.3 Å². The van der Waals surface area contributed by atoms with Gasteiger partial charge in [-0.2, -0.15) is 4.98 Å². The maximum Gasteiger partial charge on any atom is 0.222 e. The van der Waals surface area contributed by atoms with Gasteiger partial charge in [0.25, 0.3) is 0 Å². The molecule has 1 fully saturated rings. The lowest BCUT2D eigenvalue weighted by atomic mass is 9.98. The Kier molecular flexibility index (Phi) is 2.90. The summed E-state index contributed by atoms with van der Waals surface area (Å²) in [7, 11) is 0. The Morgan fingerprint density at radius 1 is 1.23 bits per heavy atom. The molecular weight excluding hydrogens is 276 g/mol. The van der Waals surface area contributed by atoms with Crippen LogP contribution in [0.25, 0.3) is 22.3 Å². The van der Waals surface area contributed by atoms with E-state index in [1.54, 1.807) is 0 Å². The number of aryl methyl sites for hydroxylation is 1. The Balaban J connectivity index is 1.94. The fourth-order valence-electron chi connectivity index (χ4n) is 2.89. The number of aliphatic hydroxyl groups excluding tert-OH is 1. The molecule has 2 aromatic heterocycles. The number of aromatic nitrogens is 3. The predicted molar refractivity (Wildman–Crippen MR) is 86.0 cm³/mol. The van der Waals surface area contributed by atoms with Crippen LogP contribution >= 0.6 is 0 Å². The van der Waals surface area contributed by atoms with Gasteiger partial charge in [0.2, 0.25) is 5.95 Å². The van der Waals surface area contributed by atoms with Gasteiger partial charge in [0.1, 0.15) is 5.65 Å². The van der Waals surface area contributed by atoms with Crippen LogP contribution in [0.15, 0.2) is 24.3 Å². The van der Waals surface area contributed by atoms with Crippen molar-refractivity contribution in [2.45, 2.75) is 26.4 Å². The van der Waals surface area contributed by atoms with E-state index in [9.17, 15) is 5.11 Å². The highest BCUT2D eigenvalue weighted by atomic mass is 16.3. The van der Waals surface area contributed by atoms with Gasteiger partial charge in [-0.3, -0.25) is 0 Å². The van der Waals surface area contributed by atoms with Crippen molar-refractivity contribution in [2.24, 2.45) is 0 Å². The number of nitrogens with one attached hydrogen (secondary N) is 1. The number of rotatable bonds is 3. The van der Waals surface area contributed by atoms with Crippen molar-refractivity contribution < 1.29 is 5.11 Å². The van der Waals surface area contributed by atoms with Crippen molar-refractivity contribution in [1.82, 2.24) is 15.0 Å². The fourth-order valence-corrected chi connectivity index (χ4v) is 2.89. The van der Waals surface area contributed by atoms with Crippen LogP contribution in [-0.2, 0) is 6.61 Å². The van der Waals surface area contributed by atoms with Crippen LogP contribution in [-0.4, -0.2) is 20.1 Å². The van der Waals surface area contributed by atoms with Gasteiger partial charge in [-0.05, 0) is 37.0 Å². The summed E-state index contributed by atoms with van der Waals surface area (Å²) in [5, 5.41) is 10.7. The van der Waals surface area contributed by atoms with Crippen LogP contribution in [0.1, 0.15) is 29.7 Å². The third kappa shape index (κ3) is 2.14. The summed E-state index contributed by atoms with van der Waals surface area (Å²) in [6.07, 6.45) is 2.32. The van der Waals surface area contributed by atoms with Crippen molar-refractivity contribution in [3.05, 3.63) is 47.0 Å². The first-order valence-electron chi connectivity index (χ1n) is 7.38. The first-order valence-corrected chi connectivity index (χ1v) is 7.38. The molecule has 1 aromatic carbocycles. The highest BCUT2D eigenvalue weighted by molar-refractivity contribution is 5.93. The molecule has 111 valence electrons. The van der Waals surface area contributed by atoms with E-state index in [1.807, 2.05) is 19.1 Å². The molecule has 4 N–H and O–H groups in total. The monoisotopic (exact) mass is 293 g/mol. The highest BCUT2D eigenvalue weighted by Crippen LogP contribution is 2.40. The maximum atomic E-state index is 9.76. The van der Waals surface area contributed by atoms with E-state index in [4.69, 9.17) is 5.73 Å². The summed E-state index contributed by atoms with van der Waals surface area (Å²) in [5.41, 5.74) is 11.3. The number of anilines is 1. The summed E-state index contributed by atoms with van der Waals surface area (Å²) >= 11 is 0. The third-order valence-electron chi connectivity index (χ3n) is 4.08. The van der Waals surface area contributed by atoms with Crippen molar-refractivity contribution >= 4 is 17.0 Å². The molecular formula is C17H17N4O. The fraction of sp³-hybridized carbons (Fsp3) is 0.235. The van der Waals surface area contributed by atoms with E-state index >= 15 is 0 Å². The van der Waals surface area contributed by atoms with Gasteiger partial charge in [0.05, 0.1) is 12.3 Å². The third-order valence-corrected chi connectivity index (χ3v) is 4.08. The molecule has 0 aliphatic heterocycles. The molecule has 1 aliphatic rings. The zero-order valence-corrected chi connectivity index (χ0v) is 12.3. The minimum absolute atomic E-state index is 0.0226. The second kappa shape index (κ2) is 4.81. The number of hydrogen-bond acceptors (Lipinski definition) is 4. The van der Waals surface area contributed by atoms with E-state index in [2.05, 4.69) is 27.1 Å². The molecule has 0 atom stereocenters. The number of benzene rings is 1. The standard InChI is InChI=1S/C17H17N4O/c1-9-6-14-15(20-17(18)21-16(14)19-9)13-5-4-11(10-2-3-10)7-12(13)8-22/h4-7,22H,2-3,8H2,1H3,(H3,18,19,20,21). The molecule has 0 bridgehead atoms. The van der Waals surface area contributed by atoms with Gasteiger partial charge >= 0.3 is 0 Å². The average molecular weight is 293 g/mol. The van der Waals surface area contributed by atoms with E-state index in [0.29, 0.717) is 0 Å². The van der Waals surface area contributed by atoms with Crippen LogP contribution in [0.5, 0.6) is 0 Å². The lowest BCUT2D eigenvalue weighted by Gasteiger charge is -2.10. The smallest absolute Gasteiger partial charge is 0.222 e. The van der Waals surface area contributed by atoms with Crippen LogP contribution in [0.2, 0.25) is 0 Å². The van der Waals surface area contributed by atoms with Crippen molar-refractivity contribution in [3.63, 3.8) is 0 Å². The van der Waals surface area contributed by atoms with E-state index < -0.39 is 0 Å². The molecule has 0 unspecified atom stereocenters. The summed E-state index contributed by atoms with van der Waals surface area (Å²) in [6, 6.07) is 8.19. The number of nitrogen functional groups attached to an aromatic ring is 1. The van der Waals surface area contributed by atoms with Crippen LogP contribution in [0, 0.1) is 12.8 Å². The largest absolute Gasteiger partial charge is 0.392 e. The molecule has 0 saturated heterocycles. The van der Waals surface area contributed by atoms with Gasteiger partial charge < -0.3 is 15.8 Å². The molecule has 3 aromatic rings. The normalized spacial score (nSPS) is 14.6. The first-order chi connectivity index (χ1) is 10.7. The van der Waals surface area contributed by atoms with Crippen LogP contribution in [0.3, 0.4) is 0 Å². The summed E-state index contributed by atoms with van der Waals surface area (Å²) in [6.45, 7) is 1.95. The highest BCUT2D eigenvalue weighted by Gasteiger charge is 2.25. The molecule has 0 amide bonds. The number of nitrogens with zero attached hydrogens (tertiary/aromatic N) is 2. The Morgan fingerprint density at radius 3 is 2.77 bits per heavy atom. The number of aliphatic hydroxyl groups is 1. The summed E-state index contributed by atoms with van der Waals surface area (Å²) in [4.78, 5) is 11.8. The minimum atomic E-state index is -0.0226. The van der Waals surface area contributed by atoms with Crippen LogP contribution in [0.4, 0.5) is 5.95 Å². The zero-order valence-electron chi connectivity index (χ0n) is 12.3. The number of hydrogen-bond donors (Lipinski definition) is 3. The molecule has 2 heterocycles. The Labute approximate surface area is 128 Å². The molecule has 22 heavy (non-hydrogen) atoms. The van der Waals surface area contributed by atoms with Gasteiger partial charge in [-0.1, -0.05) is 18.2 Å². The van der Waals surface area contributed by atoms with Crippen molar-refractivity contribution in [2.75, 3.05) is 5.73 Å². The number of fused-ring (bicyclic) bond motifs is 1. The number of aromatic amines is 1. The van der Waals surface area contributed by atoms with E-state index in [-0.39, 0.29) is 12.6 Å². The topological polar surface area (TPSA) is 87.8 Å². The summed E-state index contributed by atoms with van der Waals surface area (Å²) < 4.78 is 0. The molecule has 1 saturated carbocycles. The Hall–Kier alpha value is -2.40. The minimum Gasteiger partial charge on any atom is -0.392 e. The first kappa shape index (κ1) is 13.3. The number of nitrogens with two attached hydrogens (primary N) is 1. The van der Waals surface area contributed by atoms with E-state index in [0.717, 1.165) is 46.4 Å². The van der Waals surface area contributed by atoms with Gasteiger partial charge in [0, 0.05) is 22.6 Å². The number of H-pyrrole nitrogens is 1. The van der Waals surface area contributed by atoms with Crippen molar-refractivity contribution in [1.29, 1.82) is 0 Å². The molecule has 5 nitrogen and oxygen atoms in total. The van der Waals surface area contributed by atoms with Gasteiger partial charge in [-0.25, -0.2) is 4.98 Å². The summed E-state index contributed by atoms with van der Waals surface area (Å²) in [5.74, 6) is 1.68. The van der Waals surface area contributed by atoms with Gasteiger partial charge in [0.15, 0.2) is 0 Å². The lowest BCUT2D eigenvalue weighted by molar-refractivity contribution is 0.282.